The summed E-state index contributed by atoms with van der Waals surface area (Å²) >= 11 is 0. The summed E-state index contributed by atoms with van der Waals surface area (Å²) in [5, 5.41) is 3.51. The van der Waals surface area contributed by atoms with Crippen LogP contribution in [-0.4, -0.2) is 50.3 Å². The molecule has 17 heavy (non-hydrogen) atoms. The van der Waals surface area contributed by atoms with Gasteiger partial charge in [0.2, 0.25) is 0 Å². The summed E-state index contributed by atoms with van der Waals surface area (Å²) in [5.41, 5.74) is 0. The molecule has 1 saturated heterocycles. The Bertz CT molecular complexity index is 197. The van der Waals surface area contributed by atoms with E-state index in [0.717, 1.165) is 32.2 Å². The van der Waals surface area contributed by atoms with Gasteiger partial charge in [-0.1, -0.05) is 20.8 Å². The zero-order valence-electron chi connectivity index (χ0n) is 12.0. The van der Waals surface area contributed by atoms with Crippen LogP contribution < -0.4 is 5.32 Å². The summed E-state index contributed by atoms with van der Waals surface area (Å²) in [6.45, 7) is 15.5. The third-order valence-electron chi connectivity index (χ3n) is 3.57. The molecule has 1 fully saturated rings. The molecular weight excluding hydrogens is 212 g/mol. The van der Waals surface area contributed by atoms with Gasteiger partial charge in [-0.2, -0.15) is 0 Å². The Hall–Kier alpha value is -0.120. The molecule has 1 aliphatic rings. The van der Waals surface area contributed by atoms with Gasteiger partial charge < -0.3 is 10.1 Å². The van der Waals surface area contributed by atoms with Crippen LogP contribution in [0.25, 0.3) is 0 Å². The maximum Gasteiger partial charge on any atom is 0.0624 e. The van der Waals surface area contributed by atoms with Crippen molar-refractivity contribution in [2.45, 2.75) is 40.2 Å². The number of rotatable bonds is 5. The second-order valence-electron chi connectivity index (χ2n) is 5.63. The maximum absolute atomic E-state index is 5.66. The van der Waals surface area contributed by atoms with Gasteiger partial charge in [0.15, 0.2) is 0 Å². The summed E-state index contributed by atoms with van der Waals surface area (Å²) in [4.78, 5) is 2.64. The molecule has 3 nitrogen and oxygen atoms in total. The van der Waals surface area contributed by atoms with Crippen molar-refractivity contribution in [1.29, 1.82) is 0 Å². The third-order valence-corrected chi connectivity index (χ3v) is 3.57. The second kappa shape index (κ2) is 8.06. The Balaban J connectivity index is 2.55. The van der Waals surface area contributed by atoms with Gasteiger partial charge in [0.05, 0.1) is 6.61 Å². The minimum Gasteiger partial charge on any atom is -0.380 e. The van der Waals surface area contributed by atoms with Crippen LogP contribution in [-0.2, 0) is 4.74 Å². The highest BCUT2D eigenvalue weighted by atomic mass is 16.5. The van der Waals surface area contributed by atoms with E-state index in [2.05, 4.69) is 37.9 Å². The standard InChI is InChI=1S/C14H30N2O/c1-5-17-11-14(12(2)3)16-8-6-7-15-9-13(4)10-16/h12-15H,5-11H2,1-4H3. The molecule has 0 radical (unpaired) electrons. The van der Waals surface area contributed by atoms with Gasteiger partial charge in [-0.15, -0.1) is 0 Å². The van der Waals surface area contributed by atoms with Gasteiger partial charge in [0.1, 0.15) is 0 Å². The highest BCUT2D eigenvalue weighted by Crippen LogP contribution is 2.15. The van der Waals surface area contributed by atoms with Crippen molar-refractivity contribution in [3.05, 3.63) is 0 Å². The molecule has 0 amide bonds. The number of nitrogens with one attached hydrogen (secondary N) is 1. The lowest BCUT2D eigenvalue weighted by Gasteiger charge is -2.37. The van der Waals surface area contributed by atoms with Crippen LogP contribution in [0.4, 0.5) is 0 Å². The Kier molecular flexibility index (Phi) is 7.09. The highest BCUT2D eigenvalue weighted by Gasteiger charge is 2.24. The second-order valence-corrected chi connectivity index (χ2v) is 5.63. The van der Waals surface area contributed by atoms with Gasteiger partial charge in [0, 0.05) is 19.2 Å². The van der Waals surface area contributed by atoms with Crippen molar-refractivity contribution >= 4 is 0 Å². The third kappa shape index (κ3) is 5.36. The van der Waals surface area contributed by atoms with Crippen molar-refractivity contribution in [3.63, 3.8) is 0 Å². The van der Waals surface area contributed by atoms with E-state index in [9.17, 15) is 0 Å². The number of ether oxygens (including phenoxy) is 1. The molecule has 1 heterocycles. The molecule has 0 aliphatic carbocycles. The smallest absolute Gasteiger partial charge is 0.0624 e. The Morgan fingerprint density at radius 2 is 2.18 bits per heavy atom. The molecule has 2 unspecified atom stereocenters. The van der Waals surface area contributed by atoms with Gasteiger partial charge in [-0.3, -0.25) is 4.90 Å². The van der Waals surface area contributed by atoms with Crippen LogP contribution in [0.15, 0.2) is 0 Å². The highest BCUT2D eigenvalue weighted by molar-refractivity contribution is 4.78. The summed E-state index contributed by atoms with van der Waals surface area (Å²) in [5.74, 6) is 1.40. The average Bonchev–Trinajstić information content (AvgIpc) is 2.24. The first-order chi connectivity index (χ1) is 8.15. The summed E-state index contributed by atoms with van der Waals surface area (Å²) < 4.78 is 5.66. The van der Waals surface area contributed by atoms with Gasteiger partial charge in [-0.25, -0.2) is 0 Å². The normalized spacial score (nSPS) is 25.6. The number of hydrogen-bond acceptors (Lipinski definition) is 3. The molecule has 0 aromatic heterocycles. The summed E-state index contributed by atoms with van der Waals surface area (Å²) in [7, 11) is 0. The maximum atomic E-state index is 5.66. The van der Waals surface area contributed by atoms with Gasteiger partial charge in [0.25, 0.3) is 0 Å². The lowest BCUT2D eigenvalue weighted by Crippen LogP contribution is -2.48. The van der Waals surface area contributed by atoms with Crippen LogP contribution >= 0.6 is 0 Å². The minimum absolute atomic E-state index is 0.579. The average molecular weight is 242 g/mol. The van der Waals surface area contributed by atoms with Crippen LogP contribution in [0.1, 0.15) is 34.1 Å². The Morgan fingerprint density at radius 3 is 2.82 bits per heavy atom. The van der Waals surface area contributed by atoms with Crippen molar-refractivity contribution in [2.24, 2.45) is 11.8 Å². The van der Waals surface area contributed by atoms with Crippen molar-refractivity contribution in [1.82, 2.24) is 10.2 Å². The zero-order chi connectivity index (χ0) is 12.7. The van der Waals surface area contributed by atoms with Gasteiger partial charge >= 0.3 is 0 Å². The first-order valence-corrected chi connectivity index (χ1v) is 7.17. The fourth-order valence-corrected chi connectivity index (χ4v) is 2.57. The molecule has 0 spiro atoms. The van der Waals surface area contributed by atoms with E-state index in [1.165, 1.54) is 19.5 Å². The van der Waals surface area contributed by atoms with E-state index in [1.54, 1.807) is 0 Å². The number of nitrogens with zero attached hydrogens (tertiary/aromatic N) is 1. The molecule has 102 valence electrons. The van der Waals surface area contributed by atoms with E-state index in [4.69, 9.17) is 4.74 Å². The quantitative estimate of drug-likeness (QED) is 0.798. The molecule has 1 aliphatic heterocycles. The topological polar surface area (TPSA) is 24.5 Å². The molecule has 3 heteroatoms. The van der Waals surface area contributed by atoms with Crippen molar-refractivity contribution in [2.75, 3.05) is 39.4 Å². The predicted molar refractivity (Wildman–Crippen MR) is 73.3 cm³/mol. The monoisotopic (exact) mass is 242 g/mol. The van der Waals surface area contributed by atoms with Crippen molar-refractivity contribution < 1.29 is 4.74 Å². The van der Waals surface area contributed by atoms with E-state index in [0.29, 0.717) is 12.0 Å². The first-order valence-electron chi connectivity index (χ1n) is 7.17. The molecular formula is C14H30N2O. The fraction of sp³-hybridized carbons (Fsp3) is 1.00. The Morgan fingerprint density at radius 1 is 1.41 bits per heavy atom. The first kappa shape index (κ1) is 14.9. The molecule has 1 rings (SSSR count). The molecule has 2 atom stereocenters. The summed E-state index contributed by atoms with van der Waals surface area (Å²) in [6.07, 6.45) is 1.25. The van der Waals surface area contributed by atoms with Crippen LogP contribution in [0, 0.1) is 11.8 Å². The molecule has 0 aromatic carbocycles. The van der Waals surface area contributed by atoms with E-state index >= 15 is 0 Å². The van der Waals surface area contributed by atoms with E-state index in [1.807, 2.05) is 0 Å². The zero-order valence-corrected chi connectivity index (χ0v) is 12.0. The van der Waals surface area contributed by atoms with Gasteiger partial charge in [-0.05, 0) is 44.8 Å². The van der Waals surface area contributed by atoms with Crippen LogP contribution in [0.3, 0.4) is 0 Å². The molecule has 0 bridgehead atoms. The minimum atomic E-state index is 0.579. The SMILES string of the molecule is CCOCC(C(C)C)N1CCCNCC(C)C1. The van der Waals surface area contributed by atoms with E-state index in [-0.39, 0.29) is 0 Å². The molecule has 1 N–H and O–H groups in total. The van der Waals surface area contributed by atoms with Crippen LogP contribution in [0.5, 0.6) is 0 Å². The van der Waals surface area contributed by atoms with E-state index < -0.39 is 0 Å². The lowest BCUT2D eigenvalue weighted by atomic mass is 10.0. The van der Waals surface area contributed by atoms with Crippen molar-refractivity contribution in [3.8, 4) is 0 Å². The predicted octanol–water partition coefficient (Wildman–Crippen LogP) is 1.98. The Labute approximate surface area is 107 Å². The lowest BCUT2D eigenvalue weighted by molar-refractivity contribution is 0.0340. The van der Waals surface area contributed by atoms with Crippen LogP contribution in [0.2, 0.25) is 0 Å². The molecule has 0 saturated carbocycles. The number of hydrogen-bond donors (Lipinski definition) is 1. The largest absolute Gasteiger partial charge is 0.380 e. The summed E-state index contributed by atoms with van der Waals surface area (Å²) in [6, 6.07) is 0.579. The fourth-order valence-electron chi connectivity index (χ4n) is 2.57. The molecule has 0 aromatic rings.